The van der Waals surface area contributed by atoms with Gasteiger partial charge in [-0.1, -0.05) is 41.5 Å². The van der Waals surface area contributed by atoms with Gasteiger partial charge in [-0.25, -0.2) is 9.37 Å². The lowest BCUT2D eigenvalue weighted by Crippen LogP contribution is -2.58. The van der Waals surface area contributed by atoms with Gasteiger partial charge in [0.2, 0.25) is 11.8 Å². The van der Waals surface area contributed by atoms with Crippen LogP contribution in [0.3, 0.4) is 0 Å². The second kappa shape index (κ2) is 9.16. The molecule has 0 saturated carbocycles. The highest BCUT2D eigenvalue weighted by Crippen LogP contribution is 2.35. The maximum Gasteiger partial charge on any atom is 0.252 e. The molecule has 9 nitrogen and oxygen atoms in total. The van der Waals surface area contributed by atoms with Crippen molar-refractivity contribution in [1.29, 1.82) is 0 Å². The normalized spacial score (nSPS) is 13.9. The number of pyridine rings is 1. The van der Waals surface area contributed by atoms with Crippen molar-refractivity contribution >= 4 is 45.3 Å². The molecule has 0 radical (unpaired) electrons. The third-order valence-electron chi connectivity index (χ3n) is 5.93. The van der Waals surface area contributed by atoms with Crippen molar-refractivity contribution in [3.05, 3.63) is 35.8 Å². The van der Waals surface area contributed by atoms with E-state index in [2.05, 4.69) is 25.9 Å². The number of aromatic amines is 1. The summed E-state index contributed by atoms with van der Waals surface area (Å²) in [5, 5.41) is 9.59. The smallest absolute Gasteiger partial charge is 0.252 e. The molecule has 2 heterocycles. The van der Waals surface area contributed by atoms with Crippen LogP contribution in [0, 0.1) is 16.6 Å². The van der Waals surface area contributed by atoms with Crippen LogP contribution < -0.4 is 21.7 Å². The van der Waals surface area contributed by atoms with Gasteiger partial charge in [0.05, 0.1) is 16.5 Å². The average molecular weight is 485 g/mol. The number of hydrogen-bond acceptors (Lipinski definition) is 5. The first-order chi connectivity index (χ1) is 16.1. The van der Waals surface area contributed by atoms with E-state index in [1.165, 1.54) is 25.4 Å². The number of nitrogens with one attached hydrogen (secondary N) is 4. The first-order valence-corrected chi connectivity index (χ1v) is 11.3. The lowest BCUT2D eigenvalue weighted by atomic mass is 9.83. The molecule has 2 atom stereocenters. The lowest BCUT2D eigenvalue weighted by molar-refractivity contribution is -0.132. The third-order valence-corrected chi connectivity index (χ3v) is 5.93. The van der Waals surface area contributed by atoms with E-state index in [0.29, 0.717) is 21.8 Å². The molecule has 0 spiro atoms. The van der Waals surface area contributed by atoms with Crippen LogP contribution in [0.1, 0.15) is 51.9 Å². The molecule has 2 aromatic heterocycles. The van der Waals surface area contributed by atoms with Gasteiger partial charge >= 0.3 is 0 Å². The van der Waals surface area contributed by atoms with Crippen LogP contribution >= 0.6 is 0 Å². The van der Waals surface area contributed by atoms with E-state index in [0.717, 1.165) is 0 Å². The molecule has 35 heavy (non-hydrogen) atoms. The number of hydrogen-bond donors (Lipinski definition) is 5. The van der Waals surface area contributed by atoms with Crippen LogP contribution in [0.2, 0.25) is 0 Å². The third kappa shape index (κ3) is 5.21. The van der Waals surface area contributed by atoms with Crippen molar-refractivity contribution in [3.8, 4) is 0 Å². The molecule has 3 rings (SSSR count). The zero-order chi connectivity index (χ0) is 26.3. The summed E-state index contributed by atoms with van der Waals surface area (Å²) >= 11 is 0. The minimum absolute atomic E-state index is 0.145. The highest BCUT2D eigenvalue weighted by molar-refractivity contribution is 6.18. The van der Waals surface area contributed by atoms with Crippen molar-refractivity contribution < 1.29 is 18.8 Å². The molecule has 1 aromatic carbocycles. The first kappa shape index (κ1) is 25.9. The number of aromatic nitrogens is 2. The molecule has 6 N–H and O–H groups in total. The summed E-state index contributed by atoms with van der Waals surface area (Å²) in [6.07, 6.45) is 1.32. The van der Waals surface area contributed by atoms with Gasteiger partial charge in [0, 0.05) is 24.1 Å². The highest BCUT2D eigenvalue weighted by atomic mass is 19.1. The molecule has 10 heteroatoms. The molecule has 0 aliphatic carbocycles. The number of halogens is 1. The Labute approximate surface area is 203 Å². The fourth-order valence-electron chi connectivity index (χ4n) is 4.02. The van der Waals surface area contributed by atoms with Crippen LogP contribution in [0.15, 0.2) is 24.4 Å². The monoisotopic (exact) mass is 484 g/mol. The molecular formula is C25H33FN6O3. The van der Waals surface area contributed by atoms with E-state index in [4.69, 9.17) is 5.73 Å². The maximum absolute atomic E-state index is 14.1. The second-order valence-corrected chi connectivity index (χ2v) is 10.8. The number of nitrogens with two attached hydrogens (primary N) is 1. The minimum atomic E-state index is -0.828. The Bertz CT molecular complexity index is 1300. The summed E-state index contributed by atoms with van der Waals surface area (Å²) in [6.45, 7) is 11.2. The molecule has 0 aliphatic heterocycles. The lowest BCUT2D eigenvalue weighted by Gasteiger charge is -2.35. The highest BCUT2D eigenvalue weighted by Gasteiger charge is 2.38. The molecule has 188 valence electrons. The van der Waals surface area contributed by atoms with Crippen LogP contribution in [0.4, 0.5) is 10.2 Å². The maximum atomic E-state index is 14.1. The van der Waals surface area contributed by atoms with Gasteiger partial charge in [-0.05, 0) is 29.0 Å². The Morgan fingerprint density at radius 3 is 2.20 bits per heavy atom. The summed E-state index contributed by atoms with van der Waals surface area (Å²) in [7, 11) is 1.52. The molecule has 0 saturated heterocycles. The average Bonchev–Trinajstić information content (AvgIpc) is 3.12. The van der Waals surface area contributed by atoms with Gasteiger partial charge < -0.3 is 26.7 Å². The second-order valence-electron chi connectivity index (χ2n) is 10.8. The minimum Gasteiger partial charge on any atom is -0.365 e. The van der Waals surface area contributed by atoms with Crippen molar-refractivity contribution in [2.75, 3.05) is 12.4 Å². The number of nitrogens with zero attached hydrogens (tertiary/aromatic N) is 1. The molecule has 3 amide bonds. The molecule has 3 aromatic rings. The number of likely N-dealkylation sites (N-methyl/N-ethyl adjacent to an activating group) is 1. The van der Waals surface area contributed by atoms with E-state index >= 15 is 0 Å². The summed E-state index contributed by atoms with van der Waals surface area (Å²) in [5.74, 6) is -1.58. The van der Waals surface area contributed by atoms with Gasteiger partial charge in [-0.3, -0.25) is 14.4 Å². The predicted octanol–water partition coefficient (Wildman–Crippen LogP) is 3.06. The van der Waals surface area contributed by atoms with E-state index in [1.54, 1.807) is 6.07 Å². The number of benzene rings is 1. The molecule has 1 unspecified atom stereocenters. The Hall–Kier alpha value is -3.69. The Morgan fingerprint density at radius 1 is 1.03 bits per heavy atom. The number of rotatable bonds is 6. The van der Waals surface area contributed by atoms with Crippen LogP contribution in [0.25, 0.3) is 21.8 Å². The Morgan fingerprint density at radius 2 is 1.66 bits per heavy atom. The first-order valence-electron chi connectivity index (χ1n) is 11.3. The van der Waals surface area contributed by atoms with Gasteiger partial charge in [0.15, 0.2) is 0 Å². The zero-order valence-electron chi connectivity index (χ0n) is 21.1. The van der Waals surface area contributed by atoms with Crippen LogP contribution in [-0.2, 0) is 9.59 Å². The quantitative estimate of drug-likeness (QED) is 0.366. The van der Waals surface area contributed by atoms with Gasteiger partial charge in [0.1, 0.15) is 23.7 Å². The fraction of sp³-hybridized carbons (Fsp3) is 0.440. The van der Waals surface area contributed by atoms with Gasteiger partial charge in [-0.15, -0.1) is 0 Å². The van der Waals surface area contributed by atoms with Gasteiger partial charge in [-0.2, -0.15) is 0 Å². The molecule has 0 fully saturated rings. The van der Waals surface area contributed by atoms with Crippen molar-refractivity contribution in [2.24, 2.45) is 16.6 Å². The Kier molecular flexibility index (Phi) is 6.79. The van der Waals surface area contributed by atoms with E-state index < -0.39 is 40.5 Å². The van der Waals surface area contributed by atoms with E-state index in [-0.39, 0.29) is 17.3 Å². The summed E-state index contributed by atoms with van der Waals surface area (Å²) in [5.41, 5.74) is 5.52. The Balaban J connectivity index is 2.12. The van der Waals surface area contributed by atoms with Crippen molar-refractivity contribution in [2.45, 2.75) is 53.6 Å². The number of H-pyrrole nitrogens is 1. The number of carbonyl (C=O) groups is 3. The molecule has 0 bridgehead atoms. The fourth-order valence-corrected chi connectivity index (χ4v) is 4.02. The predicted molar refractivity (Wildman–Crippen MR) is 134 cm³/mol. The van der Waals surface area contributed by atoms with E-state index in [1.807, 2.05) is 41.5 Å². The number of carbonyl (C=O) groups excluding carboxylic acids is 3. The number of fused-ring (bicyclic) bond motifs is 3. The number of amides is 3. The van der Waals surface area contributed by atoms with Gasteiger partial charge in [0.25, 0.3) is 5.91 Å². The largest absolute Gasteiger partial charge is 0.365 e. The summed E-state index contributed by atoms with van der Waals surface area (Å²) in [6, 6.07) is 2.59. The van der Waals surface area contributed by atoms with E-state index in [9.17, 15) is 18.8 Å². The number of primary amides is 1. The summed E-state index contributed by atoms with van der Waals surface area (Å²) in [4.78, 5) is 45.5. The molecule has 0 aliphatic rings. The number of anilines is 1. The SMILES string of the molecule is CNC(=O)C(NC(=O)[C@@H](Nc1ncc(C(N)=O)c2[nH]c3ccc(F)cc3c12)C(C)(C)C)C(C)(C)C. The topological polar surface area (TPSA) is 142 Å². The van der Waals surface area contributed by atoms with Crippen LogP contribution in [0.5, 0.6) is 0 Å². The van der Waals surface area contributed by atoms with Crippen LogP contribution in [-0.4, -0.2) is 46.8 Å². The standard InChI is InChI=1S/C25H33FN6O3/c1-24(2,3)18(22(34)28-7)32-23(35)19(25(4,5)6)31-21-16-13-10-12(26)8-9-15(13)30-17(16)14(11-29-21)20(27)33/h8-11,18-19,30H,1-7H3,(H2,27,33)(H,28,34)(H,29,31)(H,32,35)/t18?,19-/m1/s1. The zero-order valence-corrected chi connectivity index (χ0v) is 21.1. The van der Waals surface area contributed by atoms with Crippen molar-refractivity contribution in [3.63, 3.8) is 0 Å². The summed E-state index contributed by atoms with van der Waals surface area (Å²) < 4.78 is 14.1. The van der Waals surface area contributed by atoms with Crippen molar-refractivity contribution in [1.82, 2.24) is 20.6 Å². The molecular weight excluding hydrogens is 451 g/mol.